The van der Waals surface area contributed by atoms with Crippen LogP contribution in [0.15, 0.2) is 18.2 Å². The van der Waals surface area contributed by atoms with E-state index >= 15 is 0 Å². The van der Waals surface area contributed by atoms with Gasteiger partial charge in [-0.05, 0) is 37.3 Å². The van der Waals surface area contributed by atoms with Gasteiger partial charge in [-0.2, -0.15) is 0 Å². The molecule has 0 amide bonds. The first-order chi connectivity index (χ1) is 9.56. The van der Waals surface area contributed by atoms with E-state index in [1.165, 1.54) is 19.6 Å². The van der Waals surface area contributed by atoms with E-state index in [4.69, 9.17) is 35.4 Å². The standard InChI is InChI=1S/C14H19Cl2N3S/c1-2-19-5-3-12(4-6-19)17-14(20)18-13-8-10(15)7-11(16)9-13/h7-9,12H,2-6H2,1H3,(H2,17,18,20)/p+1. The number of benzene rings is 1. The molecule has 2 rings (SSSR count). The summed E-state index contributed by atoms with van der Waals surface area (Å²) in [5, 5.41) is 8.34. The van der Waals surface area contributed by atoms with E-state index in [1.54, 1.807) is 11.0 Å². The second kappa shape index (κ2) is 7.46. The summed E-state index contributed by atoms with van der Waals surface area (Å²) in [5.74, 6) is 0. The number of quaternary nitrogens is 1. The average Bonchev–Trinajstić information content (AvgIpc) is 2.38. The molecule has 1 saturated heterocycles. The van der Waals surface area contributed by atoms with Crippen LogP contribution < -0.4 is 15.5 Å². The molecule has 3 N–H and O–H groups in total. The molecular formula is C14H20Cl2N3S+. The zero-order valence-electron chi connectivity index (χ0n) is 11.5. The molecule has 6 heteroatoms. The molecule has 0 aliphatic carbocycles. The van der Waals surface area contributed by atoms with Gasteiger partial charge in [-0.3, -0.25) is 0 Å². The molecule has 1 fully saturated rings. The molecule has 0 saturated carbocycles. The molecule has 0 bridgehead atoms. The molecule has 3 nitrogen and oxygen atoms in total. The van der Waals surface area contributed by atoms with Gasteiger partial charge in [0.25, 0.3) is 0 Å². The van der Waals surface area contributed by atoms with E-state index in [1.807, 2.05) is 12.1 Å². The van der Waals surface area contributed by atoms with E-state index < -0.39 is 0 Å². The largest absolute Gasteiger partial charge is 0.359 e. The van der Waals surface area contributed by atoms with Crippen molar-refractivity contribution in [2.24, 2.45) is 0 Å². The van der Waals surface area contributed by atoms with Crippen molar-refractivity contribution in [2.45, 2.75) is 25.8 Å². The summed E-state index contributed by atoms with van der Waals surface area (Å²) in [7, 11) is 0. The van der Waals surface area contributed by atoms with Crippen LogP contribution in [-0.2, 0) is 0 Å². The lowest BCUT2D eigenvalue weighted by Crippen LogP contribution is -3.13. The van der Waals surface area contributed by atoms with Crippen LogP contribution in [0.4, 0.5) is 5.69 Å². The van der Waals surface area contributed by atoms with Gasteiger partial charge in [0, 0.05) is 34.6 Å². The molecule has 0 radical (unpaired) electrons. The van der Waals surface area contributed by atoms with E-state index in [-0.39, 0.29) is 0 Å². The second-order valence-electron chi connectivity index (χ2n) is 5.13. The van der Waals surface area contributed by atoms with Crippen LogP contribution in [0.5, 0.6) is 0 Å². The van der Waals surface area contributed by atoms with E-state index in [0.717, 1.165) is 18.5 Å². The Hall–Kier alpha value is -0.550. The molecule has 1 aliphatic rings. The zero-order chi connectivity index (χ0) is 14.5. The molecule has 0 atom stereocenters. The first kappa shape index (κ1) is 15.8. The van der Waals surface area contributed by atoms with E-state index in [2.05, 4.69) is 17.6 Å². The number of likely N-dealkylation sites (tertiary alicyclic amines) is 1. The van der Waals surface area contributed by atoms with Crippen LogP contribution in [0.2, 0.25) is 10.0 Å². The van der Waals surface area contributed by atoms with Gasteiger partial charge < -0.3 is 15.5 Å². The fraction of sp³-hybridized carbons (Fsp3) is 0.500. The fourth-order valence-electron chi connectivity index (χ4n) is 2.50. The van der Waals surface area contributed by atoms with E-state index in [9.17, 15) is 0 Å². The summed E-state index contributed by atoms with van der Waals surface area (Å²) in [5.41, 5.74) is 0.816. The molecule has 0 spiro atoms. The van der Waals surface area contributed by atoms with Crippen molar-refractivity contribution in [3.63, 3.8) is 0 Å². The topological polar surface area (TPSA) is 28.5 Å². The Bertz CT molecular complexity index is 453. The van der Waals surface area contributed by atoms with Crippen LogP contribution in [-0.4, -0.2) is 30.8 Å². The fourth-order valence-corrected chi connectivity index (χ4v) is 3.31. The van der Waals surface area contributed by atoms with Gasteiger partial charge in [0.05, 0.1) is 19.6 Å². The lowest BCUT2D eigenvalue weighted by Gasteiger charge is -2.29. The minimum absolute atomic E-state index is 0.458. The van der Waals surface area contributed by atoms with Gasteiger partial charge >= 0.3 is 0 Å². The number of hydrogen-bond acceptors (Lipinski definition) is 1. The summed E-state index contributed by atoms with van der Waals surface area (Å²) >= 11 is 17.3. The van der Waals surface area contributed by atoms with Crippen molar-refractivity contribution < 1.29 is 4.90 Å². The van der Waals surface area contributed by atoms with Gasteiger partial charge in [0.1, 0.15) is 0 Å². The predicted octanol–water partition coefficient (Wildman–Crippen LogP) is 2.35. The van der Waals surface area contributed by atoms with Crippen molar-refractivity contribution in [1.29, 1.82) is 0 Å². The van der Waals surface area contributed by atoms with Crippen LogP contribution >= 0.6 is 35.4 Å². The number of rotatable bonds is 3. The molecule has 20 heavy (non-hydrogen) atoms. The molecule has 0 unspecified atom stereocenters. The minimum Gasteiger partial charge on any atom is -0.359 e. The maximum absolute atomic E-state index is 5.97. The molecule has 1 heterocycles. The Morgan fingerprint density at radius 2 is 1.85 bits per heavy atom. The highest BCUT2D eigenvalue weighted by molar-refractivity contribution is 7.80. The molecule has 0 aromatic heterocycles. The quantitative estimate of drug-likeness (QED) is 0.742. The highest BCUT2D eigenvalue weighted by Crippen LogP contribution is 2.22. The zero-order valence-corrected chi connectivity index (χ0v) is 13.8. The van der Waals surface area contributed by atoms with E-state index in [0.29, 0.717) is 21.2 Å². The van der Waals surface area contributed by atoms with Crippen LogP contribution in [0.1, 0.15) is 19.8 Å². The second-order valence-corrected chi connectivity index (χ2v) is 6.42. The third-order valence-corrected chi connectivity index (χ3v) is 4.30. The first-order valence-corrected chi connectivity index (χ1v) is 8.10. The highest BCUT2D eigenvalue weighted by Gasteiger charge is 2.21. The van der Waals surface area contributed by atoms with Crippen LogP contribution in [0, 0.1) is 0 Å². The Morgan fingerprint density at radius 3 is 2.40 bits per heavy atom. The molecule has 1 aromatic carbocycles. The maximum atomic E-state index is 5.97. The minimum atomic E-state index is 0.458. The summed E-state index contributed by atoms with van der Waals surface area (Å²) < 4.78 is 0. The van der Waals surface area contributed by atoms with Crippen LogP contribution in [0.25, 0.3) is 0 Å². The molecule has 110 valence electrons. The van der Waals surface area contributed by atoms with Gasteiger partial charge in [-0.1, -0.05) is 23.2 Å². The number of anilines is 1. The van der Waals surface area contributed by atoms with Crippen molar-refractivity contribution in [1.82, 2.24) is 5.32 Å². The highest BCUT2D eigenvalue weighted by atomic mass is 35.5. The van der Waals surface area contributed by atoms with Gasteiger partial charge in [-0.15, -0.1) is 0 Å². The Morgan fingerprint density at radius 1 is 1.25 bits per heavy atom. The smallest absolute Gasteiger partial charge is 0.171 e. The lowest BCUT2D eigenvalue weighted by molar-refractivity contribution is -0.903. The van der Waals surface area contributed by atoms with Crippen molar-refractivity contribution in [3.05, 3.63) is 28.2 Å². The Labute approximate surface area is 135 Å². The SMILES string of the molecule is CC[NH+]1CCC(NC(=S)Nc2cc(Cl)cc(Cl)c2)CC1. The average molecular weight is 333 g/mol. The summed E-state index contributed by atoms with van der Waals surface area (Å²) in [6.45, 7) is 5.86. The summed E-state index contributed by atoms with van der Waals surface area (Å²) in [4.78, 5) is 1.67. The lowest BCUT2D eigenvalue weighted by atomic mass is 10.1. The van der Waals surface area contributed by atoms with Crippen LogP contribution in [0.3, 0.4) is 0 Å². The predicted molar refractivity (Wildman–Crippen MR) is 90.1 cm³/mol. The third-order valence-electron chi connectivity index (χ3n) is 3.65. The Balaban J connectivity index is 1.83. The van der Waals surface area contributed by atoms with Crippen molar-refractivity contribution >= 4 is 46.2 Å². The third kappa shape index (κ3) is 4.77. The summed E-state index contributed by atoms with van der Waals surface area (Å²) in [6.07, 6.45) is 2.31. The van der Waals surface area contributed by atoms with Gasteiger partial charge in [0.2, 0.25) is 0 Å². The number of nitrogens with one attached hydrogen (secondary N) is 3. The molecule has 1 aliphatic heterocycles. The van der Waals surface area contributed by atoms with Crippen molar-refractivity contribution in [3.8, 4) is 0 Å². The molecule has 1 aromatic rings. The van der Waals surface area contributed by atoms with Crippen molar-refractivity contribution in [2.75, 3.05) is 25.0 Å². The van der Waals surface area contributed by atoms with Gasteiger partial charge in [-0.25, -0.2) is 0 Å². The number of thiocarbonyl (C=S) groups is 1. The number of piperidine rings is 1. The normalized spacial score (nSPS) is 22.4. The van der Waals surface area contributed by atoms with Gasteiger partial charge in [0.15, 0.2) is 5.11 Å². The number of hydrogen-bond donors (Lipinski definition) is 3. The molecular weight excluding hydrogens is 313 g/mol. The first-order valence-electron chi connectivity index (χ1n) is 6.94. The Kier molecular flexibility index (Phi) is 5.90. The summed E-state index contributed by atoms with van der Waals surface area (Å²) in [6, 6.07) is 5.78. The number of halogens is 2. The maximum Gasteiger partial charge on any atom is 0.171 e. The monoisotopic (exact) mass is 332 g/mol.